The maximum atomic E-state index is 13.0. The molecule has 5 nitrogen and oxygen atoms in total. The summed E-state index contributed by atoms with van der Waals surface area (Å²) in [5, 5.41) is 0. The number of carbonyl (C=O) groups excluding carboxylic acids is 2. The molecule has 1 unspecified atom stereocenters. The van der Waals surface area contributed by atoms with Gasteiger partial charge in [-0.2, -0.15) is 0 Å². The number of primary amides is 1. The lowest BCUT2D eigenvalue weighted by atomic mass is 9.96. The minimum absolute atomic E-state index is 0.103. The van der Waals surface area contributed by atoms with Gasteiger partial charge in [0.15, 0.2) is 0 Å². The number of amides is 2. The molecular weight excluding hydrogens is 249 g/mol. The van der Waals surface area contributed by atoms with Crippen molar-refractivity contribution in [2.75, 3.05) is 18.8 Å². The predicted molar refractivity (Wildman–Crippen MR) is 68.6 cm³/mol. The third kappa shape index (κ3) is 2.83. The summed E-state index contributed by atoms with van der Waals surface area (Å²) in [6, 6.07) is 3.67. The van der Waals surface area contributed by atoms with Crippen LogP contribution in [0, 0.1) is 11.7 Å². The highest BCUT2D eigenvalue weighted by molar-refractivity contribution is 5.99. The summed E-state index contributed by atoms with van der Waals surface area (Å²) < 4.78 is 13.0. The summed E-state index contributed by atoms with van der Waals surface area (Å²) in [5.74, 6) is -1.49. The van der Waals surface area contributed by atoms with Crippen LogP contribution >= 0.6 is 0 Å². The van der Waals surface area contributed by atoms with E-state index in [4.69, 9.17) is 11.5 Å². The molecule has 1 aliphatic heterocycles. The number of nitrogens with zero attached hydrogens (tertiary/aromatic N) is 1. The lowest BCUT2D eigenvalue weighted by molar-refractivity contribution is -0.123. The Morgan fingerprint density at radius 1 is 1.37 bits per heavy atom. The molecule has 1 aromatic carbocycles. The van der Waals surface area contributed by atoms with Gasteiger partial charge in [0.1, 0.15) is 5.82 Å². The van der Waals surface area contributed by atoms with E-state index in [1.54, 1.807) is 4.90 Å². The Morgan fingerprint density at radius 3 is 2.74 bits per heavy atom. The van der Waals surface area contributed by atoms with Crippen molar-refractivity contribution in [3.63, 3.8) is 0 Å². The Labute approximate surface area is 110 Å². The summed E-state index contributed by atoms with van der Waals surface area (Å²) in [6.45, 7) is 0.852. The van der Waals surface area contributed by atoms with Crippen molar-refractivity contribution in [3.05, 3.63) is 29.6 Å². The van der Waals surface area contributed by atoms with Gasteiger partial charge in [-0.25, -0.2) is 4.39 Å². The lowest BCUT2D eigenvalue weighted by Crippen LogP contribution is -2.44. The molecule has 6 heteroatoms. The fourth-order valence-corrected chi connectivity index (χ4v) is 2.29. The van der Waals surface area contributed by atoms with Gasteiger partial charge in [-0.15, -0.1) is 0 Å². The Hall–Kier alpha value is -2.11. The highest BCUT2D eigenvalue weighted by Gasteiger charge is 2.28. The number of anilines is 1. The summed E-state index contributed by atoms with van der Waals surface area (Å²) >= 11 is 0. The second-order valence-electron chi connectivity index (χ2n) is 4.72. The molecule has 2 rings (SSSR count). The van der Waals surface area contributed by atoms with E-state index in [1.165, 1.54) is 12.1 Å². The Balaban J connectivity index is 2.17. The fraction of sp³-hybridized carbons (Fsp3) is 0.385. The average molecular weight is 265 g/mol. The van der Waals surface area contributed by atoms with Gasteiger partial charge in [0.2, 0.25) is 5.91 Å². The maximum Gasteiger partial charge on any atom is 0.255 e. The quantitative estimate of drug-likeness (QED) is 0.773. The van der Waals surface area contributed by atoms with Crippen LogP contribution in [-0.4, -0.2) is 29.8 Å². The number of rotatable bonds is 2. The van der Waals surface area contributed by atoms with Crippen molar-refractivity contribution in [3.8, 4) is 0 Å². The predicted octanol–water partition coefficient (Wildman–Crippen LogP) is 0.745. The van der Waals surface area contributed by atoms with E-state index in [0.29, 0.717) is 19.5 Å². The largest absolute Gasteiger partial charge is 0.398 e. The number of nitrogen functional groups attached to an aromatic ring is 1. The van der Waals surface area contributed by atoms with E-state index in [1.807, 2.05) is 0 Å². The summed E-state index contributed by atoms with van der Waals surface area (Å²) in [6.07, 6.45) is 1.42. The van der Waals surface area contributed by atoms with E-state index in [0.717, 1.165) is 12.5 Å². The van der Waals surface area contributed by atoms with Crippen molar-refractivity contribution < 1.29 is 14.0 Å². The second kappa shape index (κ2) is 5.26. The molecule has 0 aliphatic carbocycles. The van der Waals surface area contributed by atoms with E-state index in [9.17, 15) is 14.0 Å². The molecule has 0 aromatic heterocycles. The van der Waals surface area contributed by atoms with Crippen LogP contribution in [0.15, 0.2) is 18.2 Å². The van der Waals surface area contributed by atoms with Gasteiger partial charge >= 0.3 is 0 Å². The Morgan fingerprint density at radius 2 is 2.11 bits per heavy atom. The van der Waals surface area contributed by atoms with Crippen LogP contribution in [0.4, 0.5) is 10.1 Å². The molecule has 19 heavy (non-hydrogen) atoms. The van der Waals surface area contributed by atoms with E-state index < -0.39 is 11.7 Å². The number of hydrogen-bond acceptors (Lipinski definition) is 3. The van der Waals surface area contributed by atoms with Crippen LogP contribution in [0.2, 0.25) is 0 Å². The third-order valence-electron chi connectivity index (χ3n) is 3.35. The van der Waals surface area contributed by atoms with Crippen LogP contribution in [0.3, 0.4) is 0 Å². The van der Waals surface area contributed by atoms with Gasteiger partial charge in [0, 0.05) is 18.8 Å². The first-order valence-corrected chi connectivity index (χ1v) is 6.12. The normalized spacial score (nSPS) is 19.2. The lowest BCUT2D eigenvalue weighted by Gasteiger charge is -2.31. The standard InChI is InChI=1S/C13H16FN3O2/c14-9-3-4-10(11(15)6-9)13(19)17-5-1-2-8(7-17)12(16)18/h3-4,6,8H,1-2,5,7,15H2,(H2,16,18). The maximum absolute atomic E-state index is 13.0. The molecule has 0 bridgehead atoms. The van der Waals surface area contributed by atoms with Crippen molar-refractivity contribution in [1.29, 1.82) is 0 Å². The van der Waals surface area contributed by atoms with Crippen LogP contribution in [-0.2, 0) is 4.79 Å². The molecule has 1 fully saturated rings. The molecule has 1 aromatic rings. The number of halogens is 1. The van der Waals surface area contributed by atoms with E-state index in [-0.39, 0.29) is 23.1 Å². The van der Waals surface area contributed by atoms with E-state index >= 15 is 0 Å². The molecule has 102 valence electrons. The first kappa shape index (κ1) is 13.3. The highest BCUT2D eigenvalue weighted by atomic mass is 19.1. The zero-order chi connectivity index (χ0) is 14.0. The molecule has 1 heterocycles. The fourth-order valence-electron chi connectivity index (χ4n) is 2.29. The zero-order valence-electron chi connectivity index (χ0n) is 10.4. The molecule has 0 saturated carbocycles. The monoisotopic (exact) mass is 265 g/mol. The van der Waals surface area contributed by atoms with Gasteiger partial charge < -0.3 is 16.4 Å². The van der Waals surface area contributed by atoms with Crippen molar-refractivity contribution >= 4 is 17.5 Å². The number of likely N-dealkylation sites (tertiary alicyclic amines) is 1. The van der Waals surface area contributed by atoms with Crippen molar-refractivity contribution in [1.82, 2.24) is 4.90 Å². The summed E-state index contributed by atoms with van der Waals surface area (Å²) in [4.78, 5) is 25.0. The number of piperidine rings is 1. The summed E-state index contributed by atoms with van der Waals surface area (Å²) in [7, 11) is 0. The molecule has 2 amide bonds. The Kier molecular flexibility index (Phi) is 3.69. The smallest absolute Gasteiger partial charge is 0.255 e. The first-order valence-electron chi connectivity index (χ1n) is 6.12. The second-order valence-corrected chi connectivity index (χ2v) is 4.72. The van der Waals surface area contributed by atoms with Gasteiger partial charge in [0.25, 0.3) is 5.91 Å². The van der Waals surface area contributed by atoms with Gasteiger partial charge in [0.05, 0.1) is 11.5 Å². The minimum atomic E-state index is -0.484. The molecule has 1 aliphatic rings. The molecule has 1 saturated heterocycles. The highest BCUT2D eigenvalue weighted by Crippen LogP contribution is 2.21. The minimum Gasteiger partial charge on any atom is -0.398 e. The molecule has 4 N–H and O–H groups in total. The third-order valence-corrected chi connectivity index (χ3v) is 3.35. The van der Waals surface area contributed by atoms with Crippen LogP contribution in [0.5, 0.6) is 0 Å². The zero-order valence-corrected chi connectivity index (χ0v) is 10.4. The summed E-state index contributed by atoms with van der Waals surface area (Å²) in [5.41, 5.74) is 11.3. The molecule has 1 atom stereocenters. The number of benzene rings is 1. The van der Waals surface area contributed by atoms with Crippen LogP contribution in [0.25, 0.3) is 0 Å². The van der Waals surface area contributed by atoms with E-state index in [2.05, 4.69) is 0 Å². The first-order chi connectivity index (χ1) is 8.99. The van der Waals surface area contributed by atoms with Gasteiger partial charge in [-0.1, -0.05) is 0 Å². The number of carbonyl (C=O) groups is 2. The topological polar surface area (TPSA) is 89.4 Å². The number of nitrogens with two attached hydrogens (primary N) is 2. The molecule has 0 spiro atoms. The molecule has 0 radical (unpaired) electrons. The van der Waals surface area contributed by atoms with Crippen LogP contribution < -0.4 is 11.5 Å². The SMILES string of the molecule is NC(=O)C1CCCN(C(=O)c2ccc(F)cc2N)C1. The molecular formula is C13H16FN3O2. The Bertz CT molecular complexity index is 519. The van der Waals surface area contributed by atoms with Crippen LogP contribution in [0.1, 0.15) is 23.2 Å². The van der Waals surface area contributed by atoms with Gasteiger partial charge in [-0.3, -0.25) is 9.59 Å². The number of hydrogen-bond donors (Lipinski definition) is 2. The van der Waals surface area contributed by atoms with Crippen molar-refractivity contribution in [2.45, 2.75) is 12.8 Å². The van der Waals surface area contributed by atoms with Crippen molar-refractivity contribution in [2.24, 2.45) is 11.7 Å². The van der Waals surface area contributed by atoms with Gasteiger partial charge in [-0.05, 0) is 31.0 Å². The average Bonchev–Trinajstić information content (AvgIpc) is 2.38.